The molecule has 14 heteroatoms. The summed E-state index contributed by atoms with van der Waals surface area (Å²) in [7, 11) is -4.69. The quantitative estimate of drug-likeness (QED) is 0.520. The molecule has 0 heterocycles. The van der Waals surface area contributed by atoms with Crippen molar-refractivity contribution in [3.63, 3.8) is 0 Å². The molecule has 1 aromatic carbocycles. The average Bonchev–Trinajstić information content (AvgIpc) is 2.69. The zero-order valence-corrected chi connectivity index (χ0v) is 18.0. The minimum absolute atomic E-state index is 0.112. The molecule has 0 amide bonds. The largest absolute Gasteiger partial charge is 0.426 e. The van der Waals surface area contributed by atoms with Crippen LogP contribution in [0.25, 0.3) is 0 Å². The third kappa shape index (κ3) is 5.76. The lowest BCUT2D eigenvalue weighted by atomic mass is 9.74. The van der Waals surface area contributed by atoms with Crippen LogP contribution in [-0.2, 0) is 10.0 Å². The number of hydrogen-bond donors (Lipinski definition) is 1. The van der Waals surface area contributed by atoms with E-state index in [-0.39, 0.29) is 9.87 Å². The first-order chi connectivity index (χ1) is 14.8. The number of hydrogen-bond acceptors (Lipinski definition) is 3. The minimum Gasteiger partial charge on any atom is -0.373 e. The molecule has 0 saturated heterocycles. The second kappa shape index (κ2) is 9.25. The molecule has 0 aromatic heterocycles. The molecule has 33 heavy (non-hydrogen) atoms. The maximum absolute atomic E-state index is 13.2. The fourth-order valence-corrected chi connectivity index (χ4v) is 5.97. The van der Waals surface area contributed by atoms with Gasteiger partial charge < -0.3 is 5.11 Å². The Morgan fingerprint density at radius 3 is 1.76 bits per heavy atom. The molecule has 1 aliphatic carbocycles. The average molecular weight is 515 g/mol. The molecule has 4 nitrogen and oxygen atoms in total. The first kappa shape index (κ1) is 27.7. The van der Waals surface area contributed by atoms with Gasteiger partial charge in [0, 0.05) is 12.0 Å². The summed E-state index contributed by atoms with van der Waals surface area (Å²) in [5.41, 5.74) is -4.88. The van der Waals surface area contributed by atoms with Crippen LogP contribution in [0.1, 0.15) is 43.4 Å². The van der Waals surface area contributed by atoms with Crippen LogP contribution < -0.4 is 0 Å². The van der Waals surface area contributed by atoms with Crippen molar-refractivity contribution in [2.45, 2.75) is 68.0 Å². The first-order valence-electron chi connectivity index (χ1n) is 9.80. The SMILES string of the molecule is CC(c1ccccc1)S(=O)(=O)N(CC(F)(F)F)C1CCC(C(O)(C(F)(F)F)C(F)(F)F)CC1. The summed E-state index contributed by atoms with van der Waals surface area (Å²) in [6, 6.07) is 5.76. The van der Waals surface area contributed by atoms with Gasteiger partial charge in [-0.05, 0) is 38.2 Å². The van der Waals surface area contributed by atoms with E-state index in [1.165, 1.54) is 24.3 Å². The summed E-state index contributed by atoms with van der Waals surface area (Å²) in [5, 5.41) is 8.11. The number of benzene rings is 1. The van der Waals surface area contributed by atoms with Gasteiger partial charge in [-0.3, -0.25) is 0 Å². The molecule has 0 spiro atoms. The van der Waals surface area contributed by atoms with Gasteiger partial charge in [-0.15, -0.1) is 0 Å². The molecule has 0 aliphatic heterocycles. The number of alkyl halides is 9. The maximum atomic E-state index is 13.2. The van der Waals surface area contributed by atoms with Crippen LogP contribution in [0.5, 0.6) is 0 Å². The van der Waals surface area contributed by atoms with Crippen LogP contribution in [0.15, 0.2) is 30.3 Å². The van der Waals surface area contributed by atoms with Gasteiger partial charge in [0.1, 0.15) is 6.54 Å². The van der Waals surface area contributed by atoms with E-state index < -0.39 is 83.6 Å². The Bertz CT molecular complexity index is 876. The second-order valence-electron chi connectivity index (χ2n) is 8.03. The second-order valence-corrected chi connectivity index (χ2v) is 10.2. The highest BCUT2D eigenvalue weighted by Gasteiger charge is 2.73. The van der Waals surface area contributed by atoms with Gasteiger partial charge in [0.05, 0.1) is 5.25 Å². The van der Waals surface area contributed by atoms with Crippen molar-refractivity contribution < 1.29 is 53.0 Å². The highest BCUT2D eigenvalue weighted by molar-refractivity contribution is 7.89. The molecular weight excluding hydrogens is 493 g/mol. The number of rotatable bonds is 6. The van der Waals surface area contributed by atoms with Crippen molar-refractivity contribution in [3.05, 3.63) is 35.9 Å². The third-order valence-corrected chi connectivity index (χ3v) is 8.18. The normalized spacial score (nSPS) is 22.4. The van der Waals surface area contributed by atoms with E-state index >= 15 is 0 Å². The van der Waals surface area contributed by atoms with Crippen molar-refractivity contribution in [1.29, 1.82) is 0 Å². The van der Waals surface area contributed by atoms with Crippen LogP contribution in [0.2, 0.25) is 0 Å². The molecule has 190 valence electrons. The standard InChI is InChI=1S/C19H22F9NO3S/c1-12(13-5-3-2-4-6-13)33(31,32)29(11-16(20,21)22)15-9-7-14(8-10-15)17(30,18(23,24)25)19(26,27)28/h2-6,12,14-15,30H,7-11H2,1H3. The Morgan fingerprint density at radius 1 is 0.909 bits per heavy atom. The fraction of sp³-hybridized carbons (Fsp3) is 0.684. The number of aliphatic hydroxyl groups is 1. The summed E-state index contributed by atoms with van der Waals surface area (Å²) in [4.78, 5) is 0. The molecule has 1 N–H and O–H groups in total. The Hall–Kier alpha value is -1.54. The highest BCUT2D eigenvalue weighted by Crippen LogP contribution is 2.52. The fourth-order valence-electron chi connectivity index (χ4n) is 4.11. The van der Waals surface area contributed by atoms with Gasteiger partial charge in [-0.25, -0.2) is 8.42 Å². The number of halogens is 9. The summed E-state index contributed by atoms with van der Waals surface area (Å²) in [6.45, 7) is -0.795. The van der Waals surface area contributed by atoms with Crippen molar-refractivity contribution in [2.75, 3.05) is 6.54 Å². The summed E-state index contributed by atoms with van der Waals surface area (Å²) >= 11 is 0. The summed E-state index contributed by atoms with van der Waals surface area (Å²) < 4.78 is 144. The summed E-state index contributed by atoms with van der Waals surface area (Å²) in [5.74, 6) is -2.38. The topological polar surface area (TPSA) is 57.6 Å². The Labute approximate surface area is 184 Å². The lowest BCUT2D eigenvalue weighted by Gasteiger charge is -2.44. The van der Waals surface area contributed by atoms with Crippen LogP contribution in [0, 0.1) is 5.92 Å². The molecule has 1 aromatic rings. The third-order valence-electron chi connectivity index (χ3n) is 5.94. The molecule has 2 rings (SSSR count). The Kier molecular flexibility index (Phi) is 7.77. The highest BCUT2D eigenvalue weighted by atomic mass is 32.2. The van der Waals surface area contributed by atoms with E-state index in [1.807, 2.05) is 0 Å². The molecule has 0 bridgehead atoms. The van der Waals surface area contributed by atoms with Crippen LogP contribution in [-0.4, -0.2) is 54.5 Å². The van der Waals surface area contributed by atoms with E-state index in [0.29, 0.717) is 0 Å². The van der Waals surface area contributed by atoms with Gasteiger partial charge in [-0.2, -0.15) is 43.8 Å². The van der Waals surface area contributed by atoms with Gasteiger partial charge in [0.15, 0.2) is 0 Å². The van der Waals surface area contributed by atoms with Gasteiger partial charge in [-0.1, -0.05) is 30.3 Å². The van der Waals surface area contributed by atoms with E-state index in [4.69, 9.17) is 0 Å². The van der Waals surface area contributed by atoms with Crippen molar-refractivity contribution in [3.8, 4) is 0 Å². The Morgan fingerprint density at radius 2 is 1.36 bits per heavy atom. The predicted octanol–water partition coefficient (Wildman–Crippen LogP) is 5.36. The minimum atomic E-state index is -6.07. The lowest BCUT2D eigenvalue weighted by molar-refractivity contribution is -0.387. The van der Waals surface area contributed by atoms with Gasteiger partial charge in [0.2, 0.25) is 10.0 Å². The van der Waals surface area contributed by atoms with E-state index in [0.717, 1.165) is 6.92 Å². The van der Waals surface area contributed by atoms with E-state index in [2.05, 4.69) is 0 Å². The Balaban J connectivity index is 2.34. The summed E-state index contributed by atoms with van der Waals surface area (Å²) in [6.07, 6.45) is -20.5. The molecule has 1 unspecified atom stereocenters. The van der Waals surface area contributed by atoms with Crippen molar-refractivity contribution in [2.24, 2.45) is 5.92 Å². The molecule has 1 fully saturated rings. The predicted molar refractivity (Wildman–Crippen MR) is 99.3 cm³/mol. The zero-order chi connectivity index (χ0) is 25.5. The number of sulfonamides is 1. The van der Waals surface area contributed by atoms with E-state index in [9.17, 15) is 53.0 Å². The van der Waals surface area contributed by atoms with Crippen LogP contribution in [0.3, 0.4) is 0 Å². The number of nitrogens with zero attached hydrogens (tertiary/aromatic N) is 1. The molecule has 1 saturated carbocycles. The van der Waals surface area contributed by atoms with Crippen molar-refractivity contribution >= 4 is 10.0 Å². The molecule has 1 atom stereocenters. The zero-order valence-electron chi connectivity index (χ0n) is 17.2. The maximum Gasteiger partial charge on any atom is 0.426 e. The van der Waals surface area contributed by atoms with Crippen LogP contribution >= 0.6 is 0 Å². The molecule has 1 aliphatic rings. The van der Waals surface area contributed by atoms with Crippen LogP contribution in [0.4, 0.5) is 39.5 Å². The van der Waals surface area contributed by atoms with E-state index in [1.54, 1.807) is 6.07 Å². The lowest BCUT2D eigenvalue weighted by Crippen LogP contribution is -2.62. The molecular formula is C19H22F9NO3S. The van der Waals surface area contributed by atoms with Crippen molar-refractivity contribution in [1.82, 2.24) is 4.31 Å². The first-order valence-corrected chi connectivity index (χ1v) is 11.3. The smallest absolute Gasteiger partial charge is 0.373 e. The monoisotopic (exact) mass is 515 g/mol. The van der Waals surface area contributed by atoms with Gasteiger partial charge >= 0.3 is 18.5 Å². The molecule has 0 radical (unpaired) electrons. The van der Waals surface area contributed by atoms with Gasteiger partial charge in [0.25, 0.3) is 5.60 Å².